The van der Waals surface area contributed by atoms with Gasteiger partial charge in [-0.05, 0) is 42.8 Å². The Balaban J connectivity index is 2.07. The lowest BCUT2D eigenvalue weighted by molar-refractivity contribution is -0.385. The number of rotatable bonds is 7. The Morgan fingerprint density at radius 2 is 2.04 bits per heavy atom. The fraction of sp³-hybridized carbons (Fsp3) is 0.176. The lowest BCUT2D eigenvalue weighted by atomic mass is 10.2. The number of nitrogen functional groups attached to an aromatic ring is 1. The molecule has 1 amide bonds. The molecule has 0 spiro atoms. The summed E-state index contributed by atoms with van der Waals surface area (Å²) in [6, 6.07) is 10.8. The van der Waals surface area contributed by atoms with E-state index in [-0.39, 0.29) is 11.4 Å². The molecule has 3 N–H and O–H groups in total. The number of nitrogens with zero attached hydrogens (tertiary/aromatic N) is 2. The summed E-state index contributed by atoms with van der Waals surface area (Å²) >= 11 is 0. The van der Waals surface area contributed by atoms with Gasteiger partial charge in [-0.2, -0.15) is 5.10 Å². The first-order valence-corrected chi connectivity index (χ1v) is 7.61. The van der Waals surface area contributed by atoms with Crippen molar-refractivity contribution < 1.29 is 14.5 Å². The number of anilines is 1. The Kier molecular flexibility index (Phi) is 6.05. The van der Waals surface area contributed by atoms with Crippen molar-refractivity contribution in [2.24, 2.45) is 5.10 Å². The van der Waals surface area contributed by atoms with E-state index in [0.29, 0.717) is 23.4 Å². The van der Waals surface area contributed by atoms with Crippen molar-refractivity contribution in [2.45, 2.75) is 13.3 Å². The van der Waals surface area contributed by atoms with Gasteiger partial charge in [0.05, 0.1) is 17.7 Å². The van der Waals surface area contributed by atoms with E-state index in [1.807, 2.05) is 6.92 Å². The van der Waals surface area contributed by atoms with Crippen molar-refractivity contribution in [3.63, 3.8) is 0 Å². The van der Waals surface area contributed by atoms with Gasteiger partial charge < -0.3 is 10.5 Å². The van der Waals surface area contributed by atoms with Gasteiger partial charge in [-0.25, -0.2) is 5.43 Å². The highest BCUT2D eigenvalue weighted by Gasteiger charge is 2.15. The number of nitrogens with two attached hydrogens (primary N) is 1. The average Bonchev–Trinajstić information content (AvgIpc) is 2.60. The van der Waals surface area contributed by atoms with Gasteiger partial charge in [-0.3, -0.25) is 14.9 Å². The number of carbonyl (C=O) groups excluding carboxylic acids is 1. The van der Waals surface area contributed by atoms with Crippen molar-refractivity contribution in [3.05, 3.63) is 63.7 Å². The summed E-state index contributed by atoms with van der Waals surface area (Å²) in [5.41, 5.74) is 9.18. The van der Waals surface area contributed by atoms with Crippen LogP contribution in [0.15, 0.2) is 47.6 Å². The highest BCUT2D eigenvalue weighted by atomic mass is 16.6. The number of nitro groups is 1. The normalized spacial score (nSPS) is 10.6. The van der Waals surface area contributed by atoms with Crippen LogP contribution in [0.2, 0.25) is 0 Å². The number of nitrogens with one attached hydrogen (secondary N) is 1. The average molecular weight is 342 g/mol. The predicted octanol–water partition coefficient (Wildman–Crippen LogP) is 2.73. The van der Waals surface area contributed by atoms with E-state index >= 15 is 0 Å². The zero-order valence-corrected chi connectivity index (χ0v) is 13.6. The summed E-state index contributed by atoms with van der Waals surface area (Å²) in [6.45, 7) is 2.31. The lowest BCUT2D eigenvalue weighted by Gasteiger charge is -2.05. The number of carbonyl (C=O) groups is 1. The maximum absolute atomic E-state index is 11.9. The standard InChI is InChI=1S/C17H18N4O4/c1-2-9-25-16-8-3-12(10-15(16)21(23)24)11-19-20-17(22)13-4-6-14(18)7-5-13/h3-8,10-11H,2,9,18H2,1H3,(H,20,22)/b19-11-. The fourth-order valence-corrected chi connectivity index (χ4v) is 1.96. The molecular formula is C17H18N4O4. The van der Waals surface area contributed by atoms with Crippen LogP contribution in [0.4, 0.5) is 11.4 Å². The molecule has 25 heavy (non-hydrogen) atoms. The summed E-state index contributed by atoms with van der Waals surface area (Å²) in [6.07, 6.45) is 2.07. The van der Waals surface area contributed by atoms with Crippen molar-refractivity contribution in [3.8, 4) is 5.75 Å². The Bertz CT molecular complexity index is 788. The van der Waals surface area contributed by atoms with Crippen LogP contribution in [0, 0.1) is 10.1 Å². The predicted molar refractivity (Wildman–Crippen MR) is 94.8 cm³/mol. The third-order valence-corrected chi connectivity index (χ3v) is 3.19. The molecule has 0 saturated heterocycles. The largest absolute Gasteiger partial charge is 0.487 e. The smallest absolute Gasteiger partial charge is 0.311 e. The van der Waals surface area contributed by atoms with Gasteiger partial charge >= 0.3 is 5.69 Å². The number of hydrazone groups is 1. The molecule has 0 heterocycles. The number of hydrogen-bond donors (Lipinski definition) is 2. The maximum Gasteiger partial charge on any atom is 0.311 e. The summed E-state index contributed by atoms with van der Waals surface area (Å²) in [4.78, 5) is 22.5. The summed E-state index contributed by atoms with van der Waals surface area (Å²) in [7, 11) is 0. The van der Waals surface area contributed by atoms with Gasteiger partial charge in [0.2, 0.25) is 0 Å². The van der Waals surface area contributed by atoms with Gasteiger partial charge in [-0.1, -0.05) is 6.92 Å². The second kappa shape index (κ2) is 8.44. The molecule has 0 aliphatic carbocycles. The highest BCUT2D eigenvalue weighted by molar-refractivity contribution is 5.95. The number of hydrogen-bond acceptors (Lipinski definition) is 6. The van der Waals surface area contributed by atoms with E-state index in [2.05, 4.69) is 10.5 Å². The van der Waals surface area contributed by atoms with Gasteiger partial charge in [0.15, 0.2) is 5.75 Å². The van der Waals surface area contributed by atoms with E-state index in [4.69, 9.17) is 10.5 Å². The third kappa shape index (κ3) is 5.03. The molecular weight excluding hydrogens is 324 g/mol. The molecule has 2 aromatic carbocycles. The molecule has 130 valence electrons. The van der Waals surface area contributed by atoms with Crippen LogP contribution in [0.1, 0.15) is 29.3 Å². The van der Waals surface area contributed by atoms with E-state index in [0.717, 1.165) is 6.42 Å². The van der Waals surface area contributed by atoms with Crippen LogP contribution in [-0.4, -0.2) is 23.7 Å². The molecule has 0 unspecified atom stereocenters. The molecule has 2 rings (SSSR count). The molecule has 0 aliphatic heterocycles. The van der Waals surface area contributed by atoms with Crippen LogP contribution < -0.4 is 15.9 Å². The van der Waals surface area contributed by atoms with Gasteiger partial charge in [-0.15, -0.1) is 0 Å². The third-order valence-electron chi connectivity index (χ3n) is 3.19. The van der Waals surface area contributed by atoms with Crippen molar-refractivity contribution in [1.82, 2.24) is 5.43 Å². The van der Waals surface area contributed by atoms with Crippen LogP contribution in [-0.2, 0) is 0 Å². The first kappa shape index (κ1) is 17.9. The summed E-state index contributed by atoms with van der Waals surface area (Å²) in [5, 5.41) is 14.9. The zero-order chi connectivity index (χ0) is 18.2. The van der Waals surface area contributed by atoms with Crippen molar-refractivity contribution in [1.29, 1.82) is 0 Å². The summed E-state index contributed by atoms with van der Waals surface area (Å²) < 4.78 is 5.35. The van der Waals surface area contributed by atoms with Gasteiger partial charge in [0.1, 0.15) is 0 Å². The van der Waals surface area contributed by atoms with Crippen molar-refractivity contribution in [2.75, 3.05) is 12.3 Å². The molecule has 0 saturated carbocycles. The fourth-order valence-electron chi connectivity index (χ4n) is 1.96. The Morgan fingerprint density at radius 1 is 1.32 bits per heavy atom. The van der Waals surface area contributed by atoms with E-state index in [1.165, 1.54) is 18.3 Å². The molecule has 8 heteroatoms. The number of benzene rings is 2. The minimum atomic E-state index is -0.519. The molecule has 0 bridgehead atoms. The van der Waals surface area contributed by atoms with Gasteiger partial charge in [0.25, 0.3) is 5.91 Å². The van der Waals surface area contributed by atoms with Crippen LogP contribution >= 0.6 is 0 Å². The van der Waals surface area contributed by atoms with E-state index in [1.54, 1.807) is 30.3 Å². The minimum Gasteiger partial charge on any atom is -0.487 e. The van der Waals surface area contributed by atoms with Crippen LogP contribution in [0.3, 0.4) is 0 Å². The molecule has 0 fully saturated rings. The topological polar surface area (TPSA) is 120 Å². The number of nitro benzene ring substituents is 1. The van der Waals surface area contributed by atoms with Crippen LogP contribution in [0.25, 0.3) is 0 Å². The monoisotopic (exact) mass is 342 g/mol. The molecule has 0 aliphatic rings. The summed E-state index contributed by atoms with van der Waals surface area (Å²) in [5.74, 6) is -0.205. The SMILES string of the molecule is CCCOc1ccc(/C=N\NC(=O)c2ccc(N)cc2)cc1[N+](=O)[O-]. The lowest BCUT2D eigenvalue weighted by Crippen LogP contribution is -2.17. The van der Waals surface area contributed by atoms with E-state index in [9.17, 15) is 14.9 Å². The minimum absolute atomic E-state index is 0.151. The number of amides is 1. The van der Waals surface area contributed by atoms with Gasteiger partial charge in [0, 0.05) is 22.9 Å². The first-order valence-electron chi connectivity index (χ1n) is 7.61. The number of ether oxygens (including phenoxy) is 1. The second-order valence-electron chi connectivity index (χ2n) is 5.15. The molecule has 8 nitrogen and oxygen atoms in total. The Hall–Kier alpha value is -3.42. The molecule has 0 aromatic heterocycles. The zero-order valence-electron chi connectivity index (χ0n) is 13.6. The highest BCUT2D eigenvalue weighted by Crippen LogP contribution is 2.27. The first-order chi connectivity index (χ1) is 12.0. The van der Waals surface area contributed by atoms with Crippen LogP contribution in [0.5, 0.6) is 5.75 Å². The van der Waals surface area contributed by atoms with E-state index < -0.39 is 10.8 Å². The molecule has 0 radical (unpaired) electrons. The van der Waals surface area contributed by atoms with Crippen molar-refractivity contribution >= 4 is 23.5 Å². The second-order valence-corrected chi connectivity index (χ2v) is 5.15. The Morgan fingerprint density at radius 3 is 2.68 bits per heavy atom. The molecule has 0 atom stereocenters. The maximum atomic E-state index is 11.9. The quantitative estimate of drug-likeness (QED) is 0.347. The Labute approximate surface area is 144 Å². The molecule has 2 aromatic rings.